The molecule has 0 radical (unpaired) electrons. The Hall–Kier alpha value is -1.75. The summed E-state index contributed by atoms with van der Waals surface area (Å²) in [6, 6.07) is 3.83. The Bertz CT molecular complexity index is 537. The van der Waals surface area contributed by atoms with E-state index >= 15 is 0 Å². The SMILES string of the molecule is COC(=O)Cc1ccc(OC(F)(F)F)c(C#N)c1Br. The molecule has 102 valence electrons. The molecule has 0 saturated heterocycles. The molecule has 1 aromatic rings. The van der Waals surface area contributed by atoms with Crippen LogP contribution in [0.3, 0.4) is 0 Å². The molecule has 0 saturated carbocycles. The third-order valence-electron chi connectivity index (χ3n) is 2.08. The number of hydrogen-bond acceptors (Lipinski definition) is 4. The van der Waals surface area contributed by atoms with Crippen molar-refractivity contribution in [3.05, 3.63) is 27.7 Å². The molecule has 1 aromatic carbocycles. The summed E-state index contributed by atoms with van der Waals surface area (Å²) >= 11 is 2.98. The highest BCUT2D eigenvalue weighted by atomic mass is 79.9. The van der Waals surface area contributed by atoms with Crippen LogP contribution >= 0.6 is 15.9 Å². The number of hydrogen-bond donors (Lipinski definition) is 0. The summed E-state index contributed by atoms with van der Waals surface area (Å²) in [5, 5.41) is 8.87. The number of alkyl halides is 3. The molecule has 0 bridgehead atoms. The number of nitrogens with zero attached hydrogens (tertiary/aromatic N) is 1. The fourth-order valence-electron chi connectivity index (χ4n) is 1.28. The fraction of sp³-hybridized carbons (Fsp3) is 0.273. The lowest BCUT2D eigenvalue weighted by Gasteiger charge is -2.13. The van der Waals surface area contributed by atoms with Gasteiger partial charge in [0.15, 0.2) is 0 Å². The highest BCUT2D eigenvalue weighted by molar-refractivity contribution is 9.10. The molecule has 0 aromatic heterocycles. The molecule has 19 heavy (non-hydrogen) atoms. The monoisotopic (exact) mass is 337 g/mol. The maximum atomic E-state index is 12.1. The topological polar surface area (TPSA) is 59.3 Å². The molecule has 0 aliphatic rings. The standard InChI is InChI=1S/C11H7BrF3NO3/c1-18-9(17)4-6-2-3-8(19-11(13,14)15)7(5-16)10(6)12/h2-3H,4H2,1H3. The van der Waals surface area contributed by atoms with Gasteiger partial charge in [0.2, 0.25) is 0 Å². The Balaban J connectivity index is 3.17. The molecule has 0 atom stereocenters. The second kappa shape index (κ2) is 5.93. The van der Waals surface area contributed by atoms with Crippen molar-refractivity contribution in [3.63, 3.8) is 0 Å². The molecule has 0 N–H and O–H groups in total. The molecule has 0 unspecified atom stereocenters. The van der Waals surface area contributed by atoms with Crippen molar-refractivity contribution in [1.29, 1.82) is 5.26 Å². The van der Waals surface area contributed by atoms with Gasteiger partial charge < -0.3 is 9.47 Å². The Morgan fingerprint density at radius 1 is 1.47 bits per heavy atom. The molecule has 0 aliphatic carbocycles. The number of carbonyl (C=O) groups is 1. The van der Waals surface area contributed by atoms with Crippen LogP contribution in [-0.4, -0.2) is 19.4 Å². The molecule has 0 amide bonds. The molecule has 0 fully saturated rings. The lowest BCUT2D eigenvalue weighted by atomic mass is 10.1. The normalized spacial score (nSPS) is 10.7. The molecular formula is C11H7BrF3NO3. The number of nitriles is 1. The average molecular weight is 338 g/mol. The number of ether oxygens (including phenoxy) is 2. The zero-order chi connectivity index (χ0) is 14.6. The lowest BCUT2D eigenvalue weighted by molar-refractivity contribution is -0.274. The van der Waals surface area contributed by atoms with E-state index < -0.39 is 18.1 Å². The summed E-state index contributed by atoms with van der Waals surface area (Å²) in [7, 11) is 1.18. The minimum atomic E-state index is -4.89. The Labute approximate surface area is 114 Å². The zero-order valence-electron chi connectivity index (χ0n) is 9.55. The lowest BCUT2D eigenvalue weighted by Crippen LogP contribution is -2.18. The van der Waals surface area contributed by atoms with E-state index in [1.165, 1.54) is 13.2 Å². The van der Waals surface area contributed by atoms with Crippen LogP contribution in [0.15, 0.2) is 16.6 Å². The van der Waals surface area contributed by atoms with Crippen molar-refractivity contribution in [2.45, 2.75) is 12.8 Å². The van der Waals surface area contributed by atoms with Gasteiger partial charge in [-0.25, -0.2) is 0 Å². The summed E-state index contributed by atoms with van der Waals surface area (Å²) in [5.41, 5.74) is -0.00310. The number of esters is 1. The Morgan fingerprint density at radius 2 is 2.11 bits per heavy atom. The third kappa shape index (κ3) is 4.13. The summed E-state index contributed by atoms with van der Waals surface area (Å²) in [5.74, 6) is -1.20. The van der Waals surface area contributed by atoms with Crippen LogP contribution in [0.2, 0.25) is 0 Å². The molecule has 0 spiro atoms. The van der Waals surface area contributed by atoms with E-state index in [2.05, 4.69) is 25.4 Å². The molecule has 0 heterocycles. The number of methoxy groups -OCH3 is 1. The summed E-state index contributed by atoms with van der Waals surface area (Å²) in [6.07, 6.45) is -5.06. The number of halogens is 4. The van der Waals surface area contributed by atoms with E-state index in [1.54, 1.807) is 6.07 Å². The van der Waals surface area contributed by atoms with Crippen molar-refractivity contribution in [1.82, 2.24) is 0 Å². The third-order valence-corrected chi connectivity index (χ3v) is 2.99. The van der Waals surface area contributed by atoms with Crippen LogP contribution in [0.4, 0.5) is 13.2 Å². The summed E-state index contributed by atoms with van der Waals surface area (Å²) in [4.78, 5) is 11.1. The van der Waals surface area contributed by atoms with Crippen LogP contribution in [-0.2, 0) is 16.0 Å². The van der Waals surface area contributed by atoms with Gasteiger partial charge in [0.25, 0.3) is 0 Å². The van der Waals surface area contributed by atoms with Gasteiger partial charge in [-0.1, -0.05) is 6.07 Å². The van der Waals surface area contributed by atoms with Gasteiger partial charge in [-0.15, -0.1) is 13.2 Å². The first-order valence-corrected chi connectivity index (χ1v) is 5.62. The van der Waals surface area contributed by atoms with Gasteiger partial charge in [-0.3, -0.25) is 4.79 Å². The van der Waals surface area contributed by atoms with Crippen LogP contribution in [0, 0.1) is 11.3 Å². The van der Waals surface area contributed by atoms with Gasteiger partial charge in [0, 0.05) is 4.47 Å². The smallest absolute Gasteiger partial charge is 0.469 e. The van der Waals surface area contributed by atoms with E-state index in [4.69, 9.17) is 5.26 Å². The van der Waals surface area contributed by atoms with Crippen molar-refractivity contribution in [2.75, 3.05) is 7.11 Å². The largest absolute Gasteiger partial charge is 0.573 e. The minimum absolute atomic E-state index is 0.0714. The molecular weight excluding hydrogens is 331 g/mol. The van der Waals surface area contributed by atoms with E-state index in [9.17, 15) is 18.0 Å². The number of carbonyl (C=O) groups excluding carboxylic acids is 1. The van der Waals surface area contributed by atoms with E-state index in [-0.39, 0.29) is 16.5 Å². The minimum Gasteiger partial charge on any atom is -0.469 e. The molecule has 8 heteroatoms. The summed E-state index contributed by atoms with van der Waals surface area (Å²) < 4.78 is 44.6. The Morgan fingerprint density at radius 3 is 2.58 bits per heavy atom. The van der Waals surface area contributed by atoms with E-state index in [0.29, 0.717) is 5.56 Å². The van der Waals surface area contributed by atoms with Gasteiger partial charge in [-0.05, 0) is 27.6 Å². The van der Waals surface area contributed by atoms with Crippen molar-refractivity contribution < 1.29 is 27.4 Å². The van der Waals surface area contributed by atoms with E-state index in [0.717, 1.165) is 6.07 Å². The quantitative estimate of drug-likeness (QED) is 0.795. The molecule has 0 aliphatic heterocycles. The first-order valence-electron chi connectivity index (χ1n) is 4.82. The fourth-order valence-corrected chi connectivity index (χ4v) is 1.84. The van der Waals surface area contributed by atoms with Gasteiger partial charge in [0.1, 0.15) is 17.4 Å². The maximum absolute atomic E-state index is 12.1. The average Bonchev–Trinajstić information content (AvgIpc) is 2.31. The van der Waals surface area contributed by atoms with Gasteiger partial charge in [-0.2, -0.15) is 5.26 Å². The molecule has 1 rings (SSSR count). The van der Waals surface area contributed by atoms with Gasteiger partial charge >= 0.3 is 12.3 Å². The first kappa shape index (κ1) is 15.3. The predicted octanol–water partition coefficient (Wildman–Crippen LogP) is 2.93. The van der Waals surface area contributed by atoms with Crippen molar-refractivity contribution in [2.24, 2.45) is 0 Å². The zero-order valence-corrected chi connectivity index (χ0v) is 11.1. The first-order chi connectivity index (χ1) is 8.78. The van der Waals surface area contributed by atoms with Gasteiger partial charge in [0.05, 0.1) is 13.5 Å². The second-order valence-electron chi connectivity index (χ2n) is 3.32. The van der Waals surface area contributed by atoms with Crippen molar-refractivity contribution in [3.8, 4) is 11.8 Å². The van der Waals surface area contributed by atoms with Crippen LogP contribution < -0.4 is 4.74 Å². The maximum Gasteiger partial charge on any atom is 0.573 e. The number of rotatable bonds is 3. The number of benzene rings is 1. The summed E-state index contributed by atoms with van der Waals surface area (Å²) in [6.45, 7) is 0. The highest BCUT2D eigenvalue weighted by Crippen LogP contribution is 2.33. The Kier molecular flexibility index (Phi) is 4.78. The van der Waals surface area contributed by atoms with Crippen LogP contribution in [0.5, 0.6) is 5.75 Å². The highest BCUT2D eigenvalue weighted by Gasteiger charge is 2.33. The van der Waals surface area contributed by atoms with Crippen LogP contribution in [0.1, 0.15) is 11.1 Å². The van der Waals surface area contributed by atoms with E-state index in [1.807, 2.05) is 0 Å². The second-order valence-corrected chi connectivity index (χ2v) is 4.12. The predicted molar refractivity (Wildman–Crippen MR) is 61.3 cm³/mol. The molecule has 4 nitrogen and oxygen atoms in total. The van der Waals surface area contributed by atoms with Crippen LogP contribution in [0.25, 0.3) is 0 Å². The van der Waals surface area contributed by atoms with Crippen molar-refractivity contribution >= 4 is 21.9 Å².